The molecule has 0 saturated carbocycles. The fourth-order valence-corrected chi connectivity index (χ4v) is 3.17. The number of piperidine rings is 1. The smallest absolute Gasteiger partial charge is 0.329 e. The monoisotopic (exact) mass is 314 g/mol. The van der Waals surface area contributed by atoms with Gasteiger partial charge in [0.2, 0.25) is 0 Å². The fourth-order valence-electron chi connectivity index (χ4n) is 2.33. The van der Waals surface area contributed by atoms with E-state index in [4.69, 9.17) is 9.84 Å². The third-order valence-corrected chi connectivity index (χ3v) is 4.45. The molecule has 21 heavy (non-hydrogen) atoms. The third-order valence-electron chi connectivity index (χ3n) is 3.33. The Morgan fingerprint density at radius 3 is 2.71 bits per heavy atom. The highest BCUT2D eigenvalue weighted by Gasteiger charge is 2.25. The summed E-state index contributed by atoms with van der Waals surface area (Å²) in [6, 6.07) is 3.15. The minimum absolute atomic E-state index is 0.109. The van der Waals surface area contributed by atoms with Crippen molar-refractivity contribution in [2.24, 2.45) is 0 Å². The van der Waals surface area contributed by atoms with Crippen LogP contribution in [-0.4, -0.2) is 56.5 Å². The van der Waals surface area contributed by atoms with E-state index in [9.17, 15) is 13.2 Å². The van der Waals surface area contributed by atoms with Gasteiger partial charge in [0.25, 0.3) is 0 Å². The van der Waals surface area contributed by atoms with Gasteiger partial charge in [-0.15, -0.1) is 0 Å². The second kappa shape index (κ2) is 6.40. The summed E-state index contributed by atoms with van der Waals surface area (Å²) in [4.78, 5) is 16.8. The average Bonchev–Trinajstić information content (AvgIpc) is 2.45. The number of anilines is 1. The summed E-state index contributed by atoms with van der Waals surface area (Å²) in [6.45, 7) is 0.872. The van der Waals surface area contributed by atoms with Crippen LogP contribution in [0, 0.1) is 0 Å². The lowest BCUT2D eigenvalue weighted by atomic mass is 10.1. The lowest BCUT2D eigenvalue weighted by Crippen LogP contribution is -2.38. The number of sulfone groups is 1. The quantitative estimate of drug-likeness (QED) is 0.848. The van der Waals surface area contributed by atoms with Crippen molar-refractivity contribution in [3.63, 3.8) is 0 Å². The maximum Gasteiger partial charge on any atom is 0.329 e. The Morgan fingerprint density at radius 2 is 2.14 bits per heavy atom. The van der Waals surface area contributed by atoms with Crippen LogP contribution in [0.4, 0.5) is 5.82 Å². The Kier molecular flexibility index (Phi) is 4.79. The van der Waals surface area contributed by atoms with Crippen LogP contribution < -0.4 is 4.90 Å². The first kappa shape index (κ1) is 15.7. The molecule has 0 amide bonds. The van der Waals surface area contributed by atoms with Crippen LogP contribution in [0.15, 0.2) is 23.2 Å². The largest absolute Gasteiger partial charge is 0.480 e. The van der Waals surface area contributed by atoms with Crippen molar-refractivity contribution in [1.82, 2.24) is 4.98 Å². The van der Waals surface area contributed by atoms with Crippen molar-refractivity contribution in [3.8, 4) is 0 Å². The maximum absolute atomic E-state index is 11.8. The zero-order chi connectivity index (χ0) is 15.5. The number of rotatable bonds is 5. The summed E-state index contributed by atoms with van der Waals surface area (Å²) in [7, 11) is -3.33. The predicted molar refractivity (Wildman–Crippen MR) is 76.2 cm³/mol. The summed E-state index contributed by atoms with van der Waals surface area (Å²) >= 11 is 0. The maximum atomic E-state index is 11.8. The Balaban J connectivity index is 2.05. The number of hydrogen-bond acceptors (Lipinski definition) is 6. The number of carboxylic acid groups (broad SMARTS) is 1. The number of hydrogen-bond donors (Lipinski definition) is 1. The van der Waals surface area contributed by atoms with Gasteiger partial charge >= 0.3 is 5.97 Å². The zero-order valence-electron chi connectivity index (χ0n) is 11.7. The first-order valence-electron chi connectivity index (χ1n) is 6.61. The van der Waals surface area contributed by atoms with Crippen molar-refractivity contribution >= 4 is 21.6 Å². The number of nitrogens with zero attached hydrogens (tertiary/aromatic N) is 2. The van der Waals surface area contributed by atoms with Gasteiger partial charge < -0.3 is 14.7 Å². The second-order valence-electron chi connectivity index (χ2n) is 4.99. The van der Waals surface area contributed by atoms with Gasteiger partial charge in [0.15, 0.2) is 9.84 Å². The highest BCUT2D eigenvalue weighted by molar-refractivity contribution is 7.90. The number of aliphatic carboxylic acids is 1. The minimum Gasteiger partial charge on any atom is -0.480 e. The van der Waals surface area contributed by atoms with Crippen LogP contribution in [0.25, 0.3) is 0 Å². The van der Waals surface area contributed by atoms with Crippen LogP contribution in [0.5, 0.6) is 0 Å². The standard InChI is InChI=1S/C13H18N2O5S/c1-21(18,19)11-3-2-6-14-13(11)15-7-4-10(5-8-15)20-9-12(16)17/h2-3,6,10H,4-5,7-9H2,1H3,(H,16,17). The number of aromatic nitrogens is 1. The predicted octanol–water partition coefficient (Wildman–Crippen LogP) is 0.555. The van der Waals surface area contributed by atoms with Crippen LogP contribution in [0.1, 0.15) is 12.8 Å². The highest BCUT2D eigenvalue weighted by atomic mass is 32.2. The van der Waals surface area contributed by atoms with Gasteiger partial charge in [0, 0.05) is 25.5 Å². The van der Waals surface area contributed by atoms with Gasteiger partial charge in [-0.1, -0.05) is 0 Å². The molecule has 0 unspecified atom stereocenters. The first-order valence-corrected chi connectivity index (χ1v) is 8.50. The molecule has 0 aromatic carbocycles. The topological polar surface area (TPSA) is 96.8 Å². The molecule has 0 spiro atoms. The van der Waals surface area contributed by atoms with E-state index in [0.717, 1.165) is 6.26 Å². The van der Waals surface area contributed by atoms with Crippen molar-refractivity contribution in [3.05, 3.63) is 18.3 Å². The van der Waals surface area contributed by atoms with Gasteiger partial charge in [-0.3, -0.25) is 0 Å². The average molecular weight is 314 g/mol. The fraction of sp³-hybridized carbons (Fsp3) is 0.538. The SMILES string of the molecule is CS(=O)(=O)c1cccnc1N1CCC(OCC(=O)O)CC1. The van der Waals surface area contributed by atoms with Gasteiger partial charge in [0.1, 0.15) is 17.3 Å². The van der Waals surface area contributed by atoms with Gasteiger partial charge in [-0.2, -0.15) is 0 Å². The normalized spacial score (nSPS) is 16.9. The van der Waals surface area contributed by atoms with E-state index in [1.807, 2.05) is 4.90 Å². The Bertz CT molecular complexity index is 609. The van der Waals surface area contributed by atoms with Gasteiger partial charge in [0.05, 0.1) is 6.10 Å². The van der Waals surface area contributed by atoms with Crippen molar-refractivity contribution in [1.29, 1.82) is 0 Å². The van der Waals surface area contributed by atoms with E-state index >= 15 is 0 Å². The molecule has 7 nitrogen and oxygen atoms in total. The van der Waals surface area contributed by atoms with E-state index in [1.54, 1.807) is 18.3 Å². The lowest BCUT2D eigenvalue weighted by Gasteiger charge is -2.33. The Labute approximate surface area is 123 Å². The number of carbonyl (C=O) groups is 1. The Hall–Kier alpha value is -1.67. The molecule has 2 heterocycles. The van der Waals surface area contributed by atoms with Crippen molar-refractivity contribution in [2.75, 3.05) is 30.9 Å². The van der Waals surface area contributed by atoms with Gasteiger partial charge in [-0.25, -0.2) is 18.2 Å². The minimum atomic E-state index is -3.33. The Morgan fingerprint density at radius 1 is 1.48 bits per heavy atom. The first-order chi connectivity index (χ1) is 9.88. The van der Waals surface area contributed by atoms with Crippen LogP contribution in [-0.2, 0) is 19.4 Å². The van der Waals surface area contributed by atoms with Crippen molar-refractivity contribution in [2.45, 2.75) is 23.8 Å². The van der Waals surface area contributed by atoms with E-state index in [-0.39, 0.29) is 17.6 Å². The van der Waals surface area contributed by atoms with E-state index in [2.05, 4.69) is 4.98 Å². The molecule has 0 aliphatic carbocycles. The molecule has 1 aliphatic heterocycles. The lowest BCUT2D eigenvalue weighted by molar-refractivity contribution is -0.144. The molecule has 1 fully saturated rings. The summed E-state index contributed by atoms with van der Waals surface area (Å²) < 4.78 is 28.8. The summed E-state index contributed by atoms with van der Waals surface area (Å²) in [5.74, 6) is -0.529. The molecule has 1 aliphatic rings. The van der Waals surface area contributed by atoms with E-state index in [1.165, 1.54) is 0 Å². The molecule has 2 rings (SSSR count). The summed E-state index contributed by atoms with van der Waals surface area (Å²) in [5, 5.41) is 8.59. The number of ether oxygens (including phenoxy) is 1. The molecule has 1 N–H and O–H groups in total. The van der Waals surface area contributed by atoms with Crippen LogP contribution in [0.3, 0.4) is 0 Å². The highest BCUT2D eigenvalue weighted by Crippen LogP contribution is 2.25. The van der Waals surface area contributed by atoms with Crippen LogP contribution >= 0.6 is 0 Å². The zero-order valence-corrected chi connectivity index (χ0v) is 12.5. The molecule has 8 heteroatoms. The van der Waals surface area contributed by atoms with Crippen molar-refractivity contribution < 1.29 is 23.1 Å². The number of carboxylic acids is 1. The second-order valence-corrected chi connectivity index (χ2v) is 6.97. The molecular formula is C13H18N2O5S. The van der Waals surface area contributed by atoms with E-state index in [0.29, 0.717) is 31.7 Å². The molecule has 0 bridgehead atoms. The molecular weight excluding hydrogens is 296 g/mol. The molecule has 1 aromatic heterocycles. The van der Waals surface area contributed by atoms with E-state index < -0.39 is 15.8 Å². The van der Waals surface area contributed by atoms with Gasteiger partial charge in [-0.05, 0) is 25.0 Å². The number of pyridine rings is 1. The molecule has 0 radical (unpaired) electrons. The molecule has 116 valence electrons. The molecule has 0 atom stereocenters. The summed E-state index contributed by atoms with van der Waals surface area (Å²) in [6.07, 6.45) is 3.91. The molecule has 1 aromatic rings. The van der Waals surface area contributed by atoms with Crippen LogP contribution in [0.2, 0.25) is 0 Å². The summed E-state index contributed by atoms with van der Waals surface area (Å²) in [5.41, 5.74) is 0. The molecule has 1 saturated heterocycles. The third kappa shape index (κ3) is 4.15.